The Labute approximate surface area is 134 Å². The number of fused-ring (bicyclic) bond motifs is 3. The van der Waals surface area contributed by atoms with Crippen LogP contribution in [0.4, 0.5) is 4.79 Å². The van der Waals surface area contributed by atoms with Crippen molar-refractivity contribution in [2.24, 2.45) is 0 Å². The fourth-order valence-corrected chi connectivity index (χ4v) is 3.54. The van der Waals surface area contributed by atoms with Crippen LogP contribution in [0.5, 0.6) is 5.75 Å². The summed E-state index contributed by atoms with van der Waals surface area (Å²) >= 11 is 0. The van der Waals surface area contributed by atoms with E-state index in [0.717, 1.165) is 21.5 Å². The minimum absolute atomic E-state index is 0.467. The van der Waals surface area contributed by atoms with Gasteiger partial charge in [0.05, 0.1) is 0 Å². The molecule has 3 rings (SSSR count). The molecule has 0 bridgehead atoms. The van der Waals surface area contributed by atoms with E-state index < -0.39 is 14.1 Å². The minimum atomic E-state index is -3.69. The van der Waals surface area contributed by atoms with Gasteiger partial charge in [-0.1, -0.05) is 0 Å². The Bertz CT molecular complexity index is 875. The Morgan fingerprint density at radius 3 is 2.48 bits per heavy atom. The van der Waals surface area contributed by atoms with Crippen molar-refractivity contribution in [3.63, 3.8) is 0 Å². The summed E-state index contributed by atoms with van der Waals surface area (Å²) in [5.74, 6) is 0.467. The van der Waals surface area contributed by atoms with Crippen molar-refractivity contribution in [2.75, 3.05) is 13.8 Å². The number of rotatable bonds is 3. The van der Waals surface area contributed by atoms with Crippen LogP contribution in [0.15, 0.2) is 54.6 Å². The van der Waals surface area contributed by atoms with Crippen molar-refractivity contribution in [1.82, 2.24) is 0 Å². The van der Waals surface area contributed by atoms with Crippen LogP contribution in [0.3, 0.4) is 0 Å². The Kier molecular flexibility index (Phi) is 4.07. The molecule has 0 aliphatic heterocycles. The molecule has 0 aliphatic rings. The van der Waals surface area contributed by atoms with Gasteiger partial charge in [-0.15, -0.1) is 0 Å². The molecule has 120 valence electrons. The van der Waals surface area contributed by atoms with E-state index in [-0.39, 0.29) is 0 Å². The Morgan fingerprint density at radius 1 is 0.957 bits per heavy atom. The molecule has 3 aromatic carbocycles. The normalized spacial score (nSPS) is 12.1. The quantitative estimate of drug-likeness (QED) is 0.441. The first-order valence-corrected chi connectivity index (χ1v) is 9.35. The van der Waals surface area contributed by atoms with E-state index in [0.29, 0.717) is 5.75 Å². The number of benzene rings is 3. The van der Waals surface area contributed by atoms with Gasteiger partial charge >= 0.3 is 133 Å². The number of hydrogen-bond acceptors (Lipinski definition) is 5. The number of ether oxygens (including phenoxy) is 1. The summed E-state index contributed by atoms with van der Waals surface area (Å²) in [5.41, 5.74) is 0. The van der Waals surface area contributed by atoms with Crippen molar-refractivity contribution >= 4 is 35.6 Å². The third-order valence-corrected chi connectivity index (χ3v) is 4.63. The van der Waals surface area contributed by atoms with Crippen LogP contribution in [0.2, 0.25) is 0 Å². The van der Waals surface area contributed by atoms with Gasteiger partial charge < -0.3 is 0 Å². The molecule has 0 unspecified atom stereocenters. The molecule has 0 amide bonds. The molecule has 6 heteroatoms. The predicted octanol–water partition coefficient (Wildman–Crippen LogP) is 4.27. The summed E-state index contributed by atoms with van der Waals surface area (Å²) in [4.78, 5) is 21.4. The molecule has 0 heterocycles. The number of carbonyl (C=O) groups is 1. The zero-order valence-electron chi connectivity index (χ0n) is 12.8. The van der Waals surface area contributed by atoms with E-state index in [9.17, 15) is 9.69 Å². The number of methoxy groups -OCH3 is 1. The summed E-state index contributed by atoms with van der Waals surface area (Å²) < 4.78 is 14.8. The molecule has 5 nitrogen and oxygen atoms in total. The van der Waals surface area contributed by atoms with E-state index in [4.69, 9.17) is 9.05 Å². The number of hydrogen-bond donors (Lipinski definition) is 1. The molecule has 23 heavy (non-hydrogen) atoms. The average molecular weight is 332 g/mol. The fraction of sp³-hybridized carbons (Fsp3) is 0.118. The van der Waals surface area contributed by atoms with Crippen LogP contribution in [-0.2, 0) is 9.26 Å². The maximum atomic E-state index is 11.2. The van der Waals surface area contributed by atoms with Crippen molar-refractivity contribution in [2.45, 2.75) is 0 Å². The second-order valence-corrected chi connectivity index (χ2v) is 7.40. The van der Waals surface area contributed by atoms with Crippen LogP contribution in [-0.4, -0.2) is 24.8 Å². The Hall–Kier alpha value is -2.36. The molecule has 0 saturated carbocycles. The van der Waals surface area contributed by atoms with Crippen LogP contribution < -0.4 is 4.52 Å². The van der Waals surface area contributed by atoms with Gasteiger partial charge in [-0.25, -0.2) is 0 Å². The summed E-state index contributed by atoms with van der Waals surface area (Å²) in [5, 5.41) is 4.05. The zero-order chi connectivity index (χ0) is 16.4. The van der Waals surface area contributed by atoms with Gasteiger partial charge in [0.15, 0.2) is 0 Å². The molecule has 0 atom stereocenters. The van der Waals surface area contributed by atoms with Gasteiger partial charge in [0.1, 0.15) is 0 Å². The van der Waals surface area contributed by atoms with E-state index in [1.807, 2.05) is 48.5 Å². The van der Waals surface area contributed by atoms with Gasteiger partial charge in [-0.2, -0.15) is 0 Å². The molecule has 3 aromatic rings. The first-order valence-electron chi connectivity index (χ1n) is 7.09. The van der Waals surface area contributed by atoms with Crippen molar-refractivity contribution in [1.29, 1.82) is 0 Å². The van der Waals surface area contributed by atoms with Crippen molar-refractivity contribution in [3.05, 3.63) is 54.6 Å². The summed E-state index contributed by atoms with van der Waals surface area (Å²) in [7, 11) is -2.51. The molecule has 0 saturated heterocycles. The monoisotopic (exact) mass is 332 g/mol. The molecule has 0 radical (unpaired) electrons. The predicted molar refractivity (Wildman–Crippen MR) is 92.0 cm³/mol. The molecule has 1 N–H and O–H groups in total. The first-order chi connectivity index (χ1) is 11.0. The third kappa shape index (κ3) is 3.21. The zero-order valence-corrected chi connectivity index (χ0v) is 13.8. The topological polar surface area (TPSA) is 65.0 Å². The summed E-state index contributed by atoms with van der Waals surface area (Å²) in [6, 6.07) is 17.5. The molecule has 0 aliphatic carbocycles. The van der Waals surface area contributed by atoms with Crippen molar-refractivity contribution in [3.8, 4) is 5.75 Å². The first kappa shape index (κ1) is 15.5. The summed E-state index contributed by atoms with van der Waals surface area (Å²) in [6.45, 7) is 1.36. The molecule has 0 spiro atoms. The van der Waals surface area contributed by atoms with E-state index in [2.05, 4.69) is 4.74 Å². The summed E-state index contributed by atoms with van der Waals surface area (Å²) in [6.07, 6.45) is -0.965. The van der Waals surface area contributed by atoms with E-state index >= 15 is 0 Å². The van der Waals surface area contributed by atoms with Crippen LogP contribution in [0.1, 0.15) is 0 Å². The Morgan fingerprint density at radius 2 is 1.70 bits per heavy atom. The average Bonchev–Trinajstić information content (AvgIpc) is 2.54. The van der Waals surface area contributed by atoms with Gasteiger partial charge in [0.25, 0.3) is 0 Å². The molecular weight excluding hydrogens is 315 g/mol. The van der Waals surface area contributed by atoms with Crippen LogP contribution in [0.25, 0.3) is 21.5 Å². The van der Waals surface area contributed by atoms with Gasteiger partial charge in [0, 0.05) is 0 Å². The second kappa shape index (κ2) is 6.03. The molecule has 0 aromatic heterocycles. The van der Waals surface area contributed by atoms with Crippen molar-refractivity contribution < 1.29 is 23.5 Å². The van der Waals surface area contributed by atoms with E-state index in [1.54, 1.807) is 6.07 Å². The fourth-order valence-electron chi connectivity index (χ4n) is 2.52. The van der Waals surface area contributed by atoms with Gasteiger partial charge in [0.2, 0.25) is 0 Å². The Balaban J connectivity index is 2.05. The third-order valence-electron chi connectivity index (χ3n) is 3.49. The van der Waals surface area contributed by atoms with Crippen LogP contribution >= 0.6 is 7.94 Å². The second-order valence-electron chi connectivity index (χ2n) is 5.19. The SMILES string of the molecule is COC(=O)O[PH](C)(O)Oc1cccc2c1ccc1ccccc12. The molecular formula is C17H17O5P. The van der Waals surface area contributed by atoms with E-state index in [1.165, 1.54) is 13.8 Å². The van der Waals surface area contributed by atoms with Crippen LogP contribution in [0, 0.1) is 0 Å². The maximum absolute atomic E-state index is 11.2. The van der Waals surface area contributed by atoms with Gasteiger partial charge in [-0.3, -0.25) is 0 Å². The standard InChI is InChI=1S/C17H17O5P/c1-20-17(18)22-23(2,19)21-16-9-5-8-14-13-7-4-3-6-12(13)10-11-15(14)16/h3-11,19,23H,1-2H3. The molecule has 0 fully saturated rings. The number of carbonyl (C=O) groups excluding carboxylic acids is 1. The van der Waals surface area contributed by atoms with Gasteiger partial charge in [-0.05, 0) is 0 Å².